The standard InChI is InChI=1S/C11H6ClN3O6.2C2H3NO3/c12-7-5(14-8(16)10(18)19)1-4(3-13)2-6(7)15-9(17)11(20)21;2*3-1(4)2(5)6/h1-2H,(H,14,16)(H,15,17)(H,18,19)(H,20,21);2*(H2,3,4)(H,5,6). The highest BCUT2D eigenvalue weighted by atomic mass is 35.5. The quantitative estimate of drug-likeness (QED) is 0.197. The molecule has 0 aromatic heterocycles. The zero-order chi connectivity index (χ0) is 26.5. The molecule has 1 aromatic carbocycles. The van der Waals surface area contributed by atoms with Gasteiger partial charge in [0.05, 0.1) is 28.0 Å². The van der Waals surface area contributed by atoms with Crippen molar-refractivity contribution >= 4 is 70.5 Å². The van der Waals surface area contributed by atoms with Gasteiger partial charge in [0.25, 0.3) is 0 Å². The highest BCUT2D eigenvalue weighted by Gasteiger charge is 2.19. The number of halogens is 1. The number of carboxylic acids is 4. The maximum absolute atomic E-state index is 11.1. The highest BCUT2D eigenvalue weighted by molar-refractivity contribution is 6.42. The molecule has 0 bridgehead atoms. The Morgan fingerprint density at radius 1 is 0.727 bits per heavy atom. The summed E-state index contributed by atoms with van der Waals surface area (Å²) in [7, 11) is 0. The van der Waals surface area contributed by atoms with E-state index in [0.29, 0.717) is 0 Å². The Labute approximate surface area is 186 Å². The van der Waals surface area contributed by atoms with Gasteiger partial charge in [-0.05, 0) is 12.1 Å². The lowest BCUT2D eigenvalue weighted by molar-refractivity contribution is -0.148. The molecule has 0 aliphatic rings. The van der Waals surface area contributed by atoms with Crippen molar-refractivity contribution in [2.45, 2.75) is 0 Å². The summed E-state index contributed by atoms with van der Waals surface area (Å²) in [6.07, 6.45) is 0. The van der Waals surface area contributed by atoms with E-state index >= 15 is 0 Å². The number of nitrogens with one attached hydrogen (secondary N) is 2. The first-order chi connectivity index (χ1) is 15.0. The number of nitriles is 1. The first kappa shape index (κ1) is 30.0. The summed E-state index contributed by atoms with van der Waals surface area (Å²) in [6.45, 7) is 0. The molecular formula is C15H12ClN5O12. The summed E-state index contributed by atoms with van der Waals surface area (Å²) in [5.74, 6) is -12.3. The van der Waals surface area contributed by atoms with Crippen LogP contribution in [0.1, 0.15) is 5.56 Å². The van der Waals surface area contributed by atoms with Crippen LogP contribution in [0.25, 0.3) is 0 Å². The van der Waals surface area contributed by atoms with Crippen LogP contribution in [0, 0.1) is 11.3 Å². The van der Waals surface area contributed by atoms with Gasteiger partial charge in [-0.15, -0.1) is 0 Å². The van der Waals surface area contributed by atoms with E-state index in [9.17, 15) is 38.4 Å². The first-order valence-electron chi connectivity index (χ1n) is 7.42. The molecule has 176 valence electrons. The molecule has 0 spiro atoms. The zero-order valence-electron chi connectivity index (χ0n) is 15.7. The van der Waals surface area contributed by atoms with Gasteiger partial charge in [0, 0.05) is 0 Å². The fourth-order valence-electron chi connectivity index (χ4n) is 1.22. The van der Waals surface area contributed by atoms with Crippen LogP contribution in [0.4, 0.5) is 11.4 Å². The number of hydrogen-bond donors (Lipinski definition) is 8. The Morgan fingerprint density at radius 3 is 1.18 bits per heavy atom. The minimum Gasteiger partial charge on any atom is -0.474 e. The van der Waals surface area contributed by atoms with Crippen molar-refractivity contribution in [3.8, 4) is 6.07 Å². The van der Waals surface area contributed by atoms with E-state index in [1.165, 1.54) is 0 Å². The van der Waals surface area contributed by atoms with E-state index in [1.807, 2.05) is 10.6 Å². The van der Waals surface area contributed by atoms with Crippen LogP contribution in [0.15, 0.2) is 12.1 Å². The van der Waals surface area contributed by atoms with Gasteiger partial charge in [0.2, 0.25) is 0 Å². The van der Waals surface area contributed by atoms with Crippen LogP contribution in [0.3, 0.4) is 0 Å². The number of benzene rings is 1. The molecule has 0 heterocycles. The Balaban J connectivity index is 0. The van der Waals surface area contributed by atoms with Crippen molar-refractivity contribution < 1.29 is 58.8 Å². The van der Waals surface area contributed by atoms with Gasteiger partial charge in [0.1, 0.15) is 0 Å². The predicted octanol–water partition coefficient (Wildman–Crippen LogP) is -2.63. The Kier molecular flexibility index (Phi) is 12.6. The van der Waals surface area contributed by atoms with Gasteiger partial charge in [-0.1, -0.05) is 11.6 Å². The number of primary amides is 2. The third kappa shape index (κ3) is 12.1. The molecule has 0 radical (unpaired) electrons. The maximum atomic E-state index is 11.1. The monoisotopic (exact) mass is 489 g/mol. The van der Waals surface area contributed by atoms with Crippen LogP contribution in [-0.2, 0) is 38.4 Å². The van der Waals surface area contributed by atoms with Crippen LogP contribution < -0.4 is 22.1 Å². The van der Waals surface area contributed by atoms with Crippen molar-refractivity contribution in [2.24, 2.45) is 11.5 Å². The SMILES string of the molecule is N#Cc1cc(NC(=O)C(=O)O)c(Cl)c(NC(=O)C(=O)O)c1.NC(=O)C(=O)O.NC(=O)C(=O)O. The molecule has 0 aliphatic carbocycles. The molecule has 0 atom stereocenters. The molecule has 0 aliphatic heterocycles. The second kappa shape index (κ2) is 13.9. The van der Waals surface area contributed by atoms with E-state index in [4.69, 9.17) is 37.3 Å². The lowest BCUT2D eigenvalue weighted by Crippen LogP contribution is -2.24. The van der Waals surface area contributed by atoms with Crippen LogP contribution in [-0.4, -0.2) is 67.9 Å². The number of carboxylic acid groups (broad SMARTS) is 4. The van der Waals surface area contributed by atoms with Crippen molar-refractivity contribution in [1.29, 1.82) is 5.26 Å². The molecule has 17 nitrogen and oxygen atoms in total. The van der Waals surface area contributed by atoms with E-state index in [2.05, 4.69) is 11.5 Å². The second-order valence-electron chi connectivity index (χ2n) is 4.85. The lowest BCUT2D eigenvalue weighted by Gasteiger charge is -2.11. The molecular weight excluding hydrogens is 478 g/mol. The van der Waals surface area contributed by atoms with Gasteiger partial charge in [-0.3, -0.25) is 19.2 Å². The molecule has 0 fully saturated rings. The number of carbonyl (C=O) groups excluding carboxylic acids is 4. The van der Waals surface area contributed by atoms with Gasteiger partial charge in [0.15, 0.2) is 0 Å². The van der Waals surface area contributed by atoms with E-state index in [0.717, 1.165) is 12.1 Å². The number of hydrogen-bond acceptors (Lipinski definition) is 9. The van der Waals surface area contributed by atoms with Crippen LogP contribution in [0.2, 0.25) is 5.02 Å². The van der Waals surface area contributed by atoms with E-state index < -0.39 is 47.5 Å². The molecule has 1 aromatic rings. The molecule has 10 N–H and O–H groups in total. The summed E-state index contributed by atoms with van der Waals surface area (Å²) in [6, 6.07) is 3.82. The maximum Gasteiger partial charge on any atom is 0.394 e. The van der Waals surface area contributed by atoms with Gasteiger partial charge < -0.3 is 42.5 Å². The van der Waals surface area contributed by atoms with Crippen molar-refractivity contribution in [2.75, 3.05) is 10.6 Å². The number of nitrogens with two attached hydrogens (primary N) is 2. The number of rotatable bonds is 2. The third-order valence-electron chi connectivity index (χ3n) is 2.51. The van der Waals surface area contributed by atoms with Gasteiger partial charge in [-0.2, -0.15) is 5.26 Å². The number of anilines is 2. The fraction of sp³-hybridized carbons (Fsp3) is 0. The smallest absolute Gasteiger partial charge is 0.394 e. The van der Waals surface area contributed by atoms with Crippen molar-refractivity contribution in [3.05, 3.63) is 22.7 Å². The fourth-order valence-corrected chi connectivity index (χ4v) is 1.43. The third-order valence-corrected chi connectivity index (χ3v) is 2.92. The van der Waals surface area contributed by atoms with E-state index in [1.54, 1.807) is 6.07 Å². The van der Waals surface area contributed by atoms with Crippen molar-refractivity contribution in [3.63, 3.8) is 0 Å². The minimum absolute atomic E-state index is 0.0826. The molecule has 0 unspecified atom stereocenters. The number of amides is 4. The zero-order valence-corrected chi connectivity index (χ0v) is 16.4. The molecule has 0 saturated heterocycles. The van der Waals surface area contributed by atoms with E-state index in [-0.39, 0.29) is 22.0 Å². The lowest BCUT2D eigenvalue weighted by atomic mass is 10.1. The normalized spacial score (nSPS) is 8.61. The summed E-state index contributed by atoms with van der Waals surface area (Å²) < 4.78 is 0. The number of aliphatic carboxylic acids is 4. The average molecular weight is 490 g/mol. The minimum atomic E-state index is -1.79. The summed E-state index contributed by atoms with van der Waals surface area (Å²) >= 11 is 5.81. The Morgan fingerprint density at radius 2 is 1.00 bits per heavy atom. The highest BCUT2D eigenvalue weighted by Crippen LogP contribution is 2.32. The average Bonchev–Trinajstić information content (AvgIpc) is 2.71. The molecule has 1 rings (SSSR count). The summed E-state index contributed by atoms with van der Waals surface area (Å²) in [4.78, 5) is 80.1. The molecule has 33 heavy (non-hydrogen) atoms. The summed E-state index contributed by atoms with van der Waals surface area (Å²) in [5, 5.41) is 44.3. The van der Waals surface area contributed by atoms with Crippen molar-refractivity contribution in [1.82, 2.24) is 0 Å². The second-order valence-corrected chi connectivity index (χ2v) is 5.23. The topological polar surface area (TPSA) is 317 Å². The molecule has 4 amide bonds. The van der Waals surface area contributed by atoms with Crippen LogP contribution in [0.5, 0.6) is 0 Å². The first-order valence-corrected chi connectivity index (χ1v) is 7.80. The largest absolute Gasteiger partial charge is 0.474 e. The summed E-state index contributed by atoms with van der Waals surface area (Å²) in [5.41, 5.74) is 7.79. The van der Waals surface area contributed by atoms with Gasteiger partial charge >= 0.3 is 47.5 Å². The van der Waals surface area contributed by atoms with Crippen LogP contribution >= 0.6 is 11.6 Å². The Hall–Kier alpha value is -5.24. The molecule has 18 heteroatoms. The number of carbonyl (C=O) groups is 8. The Bertz CT molecular complexity index is 965. The molecule has 0 saturated carbocycles. The number of nitrogens with zero attached hydrogens (tertiary/aromatic N) is 1. The van der Waals surface area contributed by atoms with Gasteiger partial charge in [-0.25, -0.2) is 19.2 Å². The predicted molar refractivity (Wildman–Crippen MR) is 102 cm³/mol.